The van der Waals surface area contributed by atoms with Crippen LogP contribution in [0.25, 0.3) is 11.1 Å². The van der Waals surface area contributed by atoms with Gasteiger partial charge in [0.1, 0.15) is 5.75 Å². The molecule has 2 aromatic rings. The van der Waals surface area contributed by atoms with Crippen molar-refractivity contribution in [2.75, 3.05) is 18.9 Å². The number of aryl methyl sites for hydroxylation is 1. The number of anilines is 1. The Morgan fingerprint density at radius 1 is 1.05 bits per heavy atom. The topological polar surface area (TPSA) is 44.5 Å². The molecule has 0 radical (unpaired) electrons. The predicted molar refractivity (Wildman–Crippen MR) is 90.6 cm³/mol. The zero-order valence-corrected chi connectivity index (χ0v) is 13.5. The molecular weight excluding hydrogens is 282 g/mol. The second-order valence-corrected chi connectivity index (χ2v) is 5.20. The van der Waals surface area contributed by atoms with Crippen molar-refractivity contribution in [2.45, 2.75) is 25.7 Å². The summed E-state index contributed by atoms with van der Waals surface area (Å²) in [6.45, 7) is 7.04. The van der Waals surface area contributed by atoms with Gasteiger partial charge in [0.25, 0.3) is 0 Å². The molecule has 0 spiro atoms. The summed E-state index contributed by atoms with van der Waals surface area (Å²) in [7, 11) is 0. The average molecular weight is 303 g/mol. The highest BCUT2D eigenvalue weighted by Gasteiger charge is 2.18. The summed E-state index contributed by atoms with van der Waals surface area (Å²) < 4.78 is 11.4. The smallest absolute Gasteiger partial charge is 0.156 e. The summed E-state index contributed by atoms with van der Waals surface area (Å²) in [5.74, 6) is 1.34. The molecule has 4 heteroatoms. The fraction of sp³-hybridized carbons (Fsp3) is 0.294. The Labute approximate surface area is 131 Å². The molecule has 0 aliphatic carbocycles. The van der Waals surface area contributed by atoms with Gasteiger partial charge in [-0.2, -0.15) is 0 Å². The van der Waals surface area contributed by atoms with E-state index in [1.54, 1.807) is 0 Å². The van der Waals surface area contributed by atoms with E-state index in [-0.39, 0.29) is 0 Å². The van der Waals surface area contributed by atoms with E-state index in [1.807, 2.05) is 19.9 Å². The maximum Gasteiger partial charge on any atom is 0.156 e. The highest BCUT2D eigenvalue weighted by atomic mass is 32.1. The van der Waals surface area contributed by atoms with E-state index >= 15 is 0 Å². The first kappa shape index (κ1) is 15.6. The molecule has 2 N–H and O–H groups in total. The fourth-order valence-electron chi connectivity index (χ4n) is 2.21. The van der Waals surface area contributed by atoms with Gasteiger partial charge in [-0.1, -0.05) is 29.8 Å². The molecule has 0 saturated carbocycles. The Morgan fingerprint density at radius 3 is 2.24 bits per heavy atom. The highest BCUT2D eigenvalue weighted by Crippen LogP contribution is 2.44. The summed E-state index contributed by atoms with van der Waals surface area (Å²) in [6.07, 6.45) is 0. The van der Waals surface area contributed by atoms with Gasteiger partial charge in [0.2, 0.25) is 0 Å². The van der Waals surface area contributed by atoms with Crippen LogP contribution < -0.4 is 15.2 Å². The number of ether oxygens (including phenoxy) is 2. The van der Waals surface area contributed by atoms with Gasteiger partial charge >= 0.3 is 0 Å². The van der Waals surface area contributed by atoms with E-state index in [9.17, 15) is 0 Å². The largest absolute Gasteiger partial charge is 0.493 e. The molecule has 0 unspecified atom stereocenters. The molecule has 0 atom stereocenters. The minimum absolute atomic E-state index is 0.541. The van der Waals surface area contributed by atoms with Crippen LogP contribution in [0.1, 0.15) is 19.4 Å². The third-order valence-electron chi connectivity index (χ3n) is 3.18. The van der Waals surface area contributed by atoms with Crippen molar-refractivity contribution in [3.8, 4) is 22.6 Å². The molecule has 0 aromatic heterocycles. The van der Waals surface area contributed by atoms with Crippen molar-refractivity contribution >= 4 is 18.3 Å². The fourth-order valence-corrected chi connectivity index (χ4v) is 2.64. The first-order chi connectivity index (χ1) is 10.1. The number of rotatable bonds is 5. The number of thiol groups is 1. The maximum absolute atomic E-state index is 6.06. The molecule has 21 heavy (non-hydrogen) atoms. The van der Waals surface area contributed by atoms with Crippen molar-refractivity contribution in [1.82, 2.24) is 0 Å². The lowest BCUT2D eigenvalue weighted by molar-refractivity contribution is 0.327. The predicted octanol–water partition coefficient (Wildman–Crippen LogP) is 4.33. The van der Waals surface area contributed by atoms with Crippen LogP contribution in [0, 0.1) is 6.92 Å². The summed E-state index contributed by atoms with van der Waals surface area (Å²) in [4.78, 5) is 0.712. The number of nitrogens with two attached hydrogens (primary N) is 1. The van der Waals surface area contributed by atoms with Crippen LogP contribution in [0.5, 0.6) is 11.5 Å². The molecule has 0 fully saturated rings. The molecule has 2 rings (SSSR count). The molecule has 3 nitrogen and oxygen atoms in total. The Kier molecular flexibility index (Phi) is 5.02. The third-order valence-corrected chi connectivity index (χ3v) is 3.60. The number of nitrogen functional groups attached to an aromatic ring is 1. The number of hydrogen-bond acceptors (Lipinski definition) is 4. The first-order valence-electron chi connectivity index (χ1n) is 7.06. The van der Waals surface area contributed by atoms with E-state index in [2.05, 4.69) is 43.8 Å². The zero-order valence-electron chi connectivity index (χ0n) is 12.6. The minimum atomic E-state index is 0.541. The highest BCUT2D eigenvalue weighted by molar-refractivity contribution is 7.80. The Balaban J connectivity index is 2.65. The van der Waals surface area contributed by atoms with E-state index in [0.717, 1.165) is 16.9 Å². The van der Waals surface area contributed by atoms with Crippen molar-refractivity contribution in [2.24, 2.45) is 0 Å². The normalized spacial score (nSPS) is 10.5. The number of benzene rings is 2. The summed E-state index contributed by atoms with van der Waals surface area (Å²) in [5, 5.41) is 0. The Bertz CT molecular complexity index is 624. The summed E-state index contributed by atoms with van der Waals surface area (Å²) in [5.41, 5.74) is 9.76. The van der Waals surface area contributed by atoms with Crippen molar-refractivity contribution < 1.29 is 9.47 Å². The van der Waals surface area contributed by atoms with Gasteiger partial charge in [0, 0.05) is 11.6 Å². The van der Waals surface area contributed by atoms with Gasteiger partial charge < -0.3 is 15.2 Å². The molecule has 0 aliphatic rings. The maximum atomic E-state index is 6.06. The standard InChI is InChI=1S/C17H21NO2S/c1-4-19-14-10-13(18)16(20-5-2)17(21)15(14)12-8-6-11(3)7-9-12/h6-10,21H,4-5,18H2,1-3H3. The van der Waals surface area contributed by atoms with E-state index in [4.69, 9.17) is 15.2 Å². The Hall–Kier alpha value is -1.81. The first-order valence-corrected chi connectivity index (χ1v) is 7.51. The van der Waals surface area contributed by atoms with Gasteiger partial charge in [-0.25, -0.2) is 0 Å². The van der Waals surface area contributed by atoms with Crippen LogP contribution in [0.15, 0.2) is 35.2 Å². The van der Waals surface area contributed by atoms with Crippen molar-refractivity contribution in [3.63, 3.8) is 0 Å². The second kappa shape index (κ2) is 6.76. The van der Waals surface area contributed by atoms with Crippen LogP contribution in [0.2, 0.25) is 0 Å². The van der Waals surface area contributed by atoms with E-state index < -0.39 is 0 Å². The average Bonchev–Trinajstić information content (AvgIpc) is 2.45. The molecular formula is C17H21NO2S. The van der Waals surface area contributed by atoms with Gasteiger partial charge in [-0.3, -0.25) is 0 Å². The molecule has 0 aliphatic heterocycles. The third kappa shape index (κ3) is 3.27. The molecule has 0 bridgehead atoms. The van der Waals surface area contributed by atoms with Crippen molar-refractivity contribution in [3.05, 3.63) is 35.9 Å². The summed E-state index contributed by atoms with van der Waals surface area (Å²) >= 11 is 4.63. The molecule has 2 aromatic carbocycles. The number of hydrogen-bond donors (Lipinski definition) is 2. The SMILES string of the molecule is CCOc1cc(N)c(OCC)c(S)c1-c1ccc(C)cc1. The van der Waals surface area contributed by atoms with Crippen LogP contribution >= 0.6 is 12.6 Å². The zero-order chi connectivity index (χ0) is 15.4. The minimum Gasteiger partial charge on any atom is -0.493 e. The van der Waals surface area contributed by atoms with Crippen LogP contribution in [-0.2, 0) is 0 Å². The second-order valence-electron chi connectivity index (χ2n) is 4.75. The van der Waals surface area contributed by atoms with Crippen LogP contribution in [0.4, 0.5) is 5.69 Å². The van der Waals surface area contributed by atoms with Crippen LogP contribution in [-0.4, -0.2) is 13.2 Å². The quantitative estimate of drug-likeness (QED) is 0.638. The van der Waals surface area contributed by atoms with Gasteiger partial charge in [-0.15, -0.1) is 12.6 Å². The van der Waals surface area contributed by atoms with Gasteiger partial charge in [0.15, 0.2) is 5.75 Å². The Morgan fingerprint density at radius 2 is 1.67 bits per heavy atom. The van der Waals surface area contributed by atoms with Gasteiger partial charge in [-0.05, 0) is 26.3 Å². The molecule has 0 saturated heterocycles. The molecule has 0 amide bonds. The summed E-state index contributed by atoms with van der Waals surface area (Å²) in [6, 6.07) is 10.0. The van der Waals surface area contributed by atoms with Gasteiger partial charge in [0.05, 0.1) is 23.8 Å². The lowest BCUT2D eigenvalue weighted by Gasteiger charge is -2.18. The van der Waals surface area contributed by atoms with E-state index in [1.165, 1.54) is 5.56 Å². The molecule has 112 valence electrons. The monoisotopic (exact) mass is 303 g/mol. The van der Waals surface area contributed by atoms with Crippen LogP contribution in [0.3, 0.4) is 0 Å². The van der Waals surface area contributed by atoms with Crippen molar-refractivity contribution in [1.29, 1.82) is 0 Å². The molecule has 0 heterocycles. The van der Waals surface area contributed by atoms with E-state index in [0.29, 0.717) is 29.5 Å². The lowest BCUT2D eigenvalue weighted by Crippen LogP contribution is -2.02. The lowest BCUT2D eigenvalue weighted by atomic mass is 10.0.